The number of para-hydroxylation sites is 2. The monoisotopic (exact) mass is 381 g/mol. The van der Waals surface area contributed by atoms with Crippen LogP contribution in [0.2, 0.25) is 0 Å². The molecule has 0 spiro atoms. The van der Waals surface area contributed by atoms with E-state index in [0.717, 1.165) is 11.1 Å². The van der Waals surface area contributed by atoms with Gasteiger partial charge >= 0.3 is 0 Å². The fraction of sp³-hybridized carbons (Fsp3) is 0.150. The van der Waals surface area contributed by atoms with Crippen LogP contribution in [0.3, 0.4) is 0 Å². The summed E-state index contributed by atoms with van der Waals surface area (Å²) in [6.45, 7) is 0.643. The summed E-state index contributed by atoms with van der Waals surface area (Å²) in [7, 11) is 0. The molecule has 0 fully saturated rings. The molecule has 1 N–H and O–H groups in total. The molecule has 1 atom stereocenters. The molecular weight excluding hydrogens is 366 g/mol. The Morgan fingerprint density at radius 1 is 1.15 bits per heavy atom. The first-order chi connectivity index (χ1) is 12.7. The van der Waals surface area contributed by atoms with Crippen LogP contribution in [-0.2, 0) is 6.54 Å². The molecule has 2 aromatic heterocycles. The molecule has 1 unspecified atom stereocenters. The number of nitriles is 1. The summed E-state index contributed by atoms with van der Waals surface area (Å²) >= 11 is 0. The highest BCUT2D eigenvalue weighted by molar-refractivity contribution is 5.63. The number of ether oxygens (including phenoxy) is 2. The number of nitrogens with zero attached hydrogens (tertiary/aromatic N) is 2. The highest BCUT2D eigenvalue weighted by Gasteiger charge is 2.22. The first kappa shape index (κ1) is 18.5. The van der Waals surface area contributed by atoms with E-state index in [1.54, 1.807) is 24.7 Å². The van der Waals surface area contributed by atoms with Crippen molar-refractivity contribution in [2.24, 2.45) is 0 Å². The molecule has 136 valence electrons. The SMILES string of the molecule is N#Cc1cc(-c2cc[nH+]cc2)cn(CC2COc3ccccc3O2)c1=O.[Cl-]. The molecule has 3 heterocycles. The Kier molecular flexibility index (Phi) is 5.43. The minimum Gasteiger partial charge on any atom is -1.00 e. The molecule has 1 aromatic carbocycles. The largest absolute Gasteiger partial charge is 1.00 e. The number of aromatic nitrogens is 2. The lowest BCUT2D eigenvalue weighted by atomic mass is 10.1. The van der Waals surface area contributed by atoms with Crippen molar-refractivity contribution in [3.05, 3.63) is 77.0 Å². The molecule has 0 saturated carbocycles. The molecule has 4 rings (SSSR count). The van der Waals surface area contributed by atoms with Gasteiger partial charge in [0.25, 0.3) is 5.56 Å². The molecule has 0 bridgehead atoms. The normalized spacial score (nSPS) is 14.7. The number of rotatable bonds is 3. The maximum absolute atomic E-state index is 12.5. The maximum Gasteiger partial charge on any atom is 0.268 e. The van der Waals surface area contributed by atoms with Crippen molar-refractivity contribution < 1.29 is 26.9 Å². The molecule has 6 nitrogen and oxygen atoms in total. The van der Waals surface area contributed by atoms with Gasteiger partial charge in [0.1, 0.15) is 18.2 Å². The van der Waals surface area contributed by atoms with Gasteiger partial charge in [-0.25, -0.2) is 4.98 Å². The molecule has 0 saturated heterocycles. The molecule has 27 heavy (non-hydrogen) atoms. The van der Waals surface area contributed by atoms with Crippen LogP contribution in [0.15, 0.2) is 65.8 Å². The highest BCUT2D eigenvalue weighted by Crippen LogP contribution is 2.31. The van der Waals surface area contributed by atoms with Crippen LogP contribution in [0.4, 0.5) is 0 Å². The molecule has 7 heteroatoms. The van der Waals surface area contributed by atoms with Crippen LogP contribution in [0.25, 0.3) is 11.1 Å². The number of hydrogen-bond acceptors (Lipinski definition) is 4. The minimum atomic E-state index is -0.332. The smallest absolute Gasteiger partial charge is 0.268 e. The third-order valence-electron chi connectivity index (χ3n) is 4.23. The lowest BCUT2D eigenvalue weighted by Crippen LogP contribution is -3.00. The number of pyridine rings is 2. The van der Waals surface area contributed by atoms with Crippen molar-refractivity contribution in [2.45, 2.75) is 12.6 Å². The van der Waals surface area contributed by atoms with Gasteiger partial charge in [0.15, 0.2) is 30.0 Å². The molecule has 1 aliphatic heterocycles. The predicted octanol–water partition coefficient (Wildman–Crippen LogP) is -0.955. The van der Waals surface area contributed by atoms with E-state index in [0.29, 0.717) is 24.7 Å². The first-order valence-electron chi connectivity index (χ1n) is 8.24. The molecule has 3 aromatic rings. The van der Waals surface area contributed by atoms with E-state index >= 15 is 0 Å². The van der Waals surface area contributed by atoms with E-state index in [4.69, 9.17) is 9.47 Å². The number of benzene rings is 1. The van der Waals surface area contributed by atoms with Crippen molar-refractivity contribution in [1.29, 1.82) is 5.26 Å². The average Bonchev–Trinajstić information content (AvgIpc) is 2.70. The van der Waals surface area contributed by atoms with E-state index in [2.05, 4.69) is 4.98 Å². The van der Waals surface area contributed by atoms with Gasteiger partial charge in [-0.15, -0.1) is 0 Å². The predicted molar refractivity (Wildman–Crippen MR) is 93.8 cm³/mol. The van der Waals surface area contributed by atoms with Crippen LogP contribution in [0, 0.1) is 11.3 Å². The van der Waals surface area contributed by atoms with E-state index in [1.165, 1.54) is 4.57 Å². The lowest BCUT2D eigenvalue weighted by Gasteiger charge is -2.27. The van der Waals surface area contributed by atoms with Crippen molar-refractivity contribution in [2.75, 3.05) is 6.61 Å². The molecule has 0 amide bonds. The Hall–Kier alpha value is -3.30. The highest BCUT2D eigenvalue weighted by atomic mass is 35.5. The number of hydrogen-bond donors (Lipinski definition) is 0. The third kappa shape index (κ3) is 3.78. The average molecular weight is 382 g/mol. The third-order valence-corrected chi connectivity index (χ3v) is 4.23. The Morgan fingerprint density at radius 2 is 1.89 bits per heavy atom. The zero-order valence-corrected chi connectivity index (χ0v) is 15.0. The number of aromatic amines is 1. The second kappa shape index (κ2) is 7.94. The molecule has 0 aliphatic carbocycles. The van der Waals surface area contributed by atoms with E-state index < -0.39 is 0 Å². The number of nitrogens with one attached hydrogen (secondary N) is 1. The van der Waals surface area contributed by atoms with Gasteiger partial charge < -0.3 is 26.4 Å². The standard InChI is InChI=1S/C20H15N3O3.ClH/c21-10-15-9-16(14-5-7-22-8-6-14)11-23(20(15)24)12-17-13-25-18-3-1-2-4-19(18)26-17;/h1-9,11,17H,12-13H2;1H. The van der Waals surface area contributed by atoms with E-state index in [-0.39, 0.29) is 29.6 Å². The van der Waals surface area contributed by atoms with Crippen molar-refractivity contribution in [3.8, 4) is 28.7 Å². The van der Waals surface area contributed by atoms with Gasteiger partial charge in [0, 0.05) is 18.3 Å². The van der Waals surface area contributed by atoms with Gasteiger partial charge in [-0.05, 0) is 29.3 Å². The Morgan fingerprint density at radius 3 is 2.63 bits per heavy atom. The Balaban J connectivity index is 0.00000210. The topological polar surface area (TPSA) is 78.4 Å². The Labute approximate surface area is 162 Å². The zero-order valence-electron chi connectivity index (χ0n) is 14.3. The van der Waals surface area contributed by atoms with Crippen LogP contribution >= 0.6 is 0 Å². The molecular formula is C20H16ClN3O3. The van der Waals surface area contributed by atoms with Crippen LogP contribution in [0.1, 0.15) is 5.56 Å². The number of halogens is 1. The Bertz CT molecular complexity index is 1040. The summed E-state index contributed by atoms with van der Waals surface area (Å²) in [5.74, 6) is 1.36. The van der Waals surface area contributed by atoms with Crippen LogP contribution in [-0.4, -0.2) is 17.3 Å². The summed E-state index contributed by atoms with van der Waals surface area (Å²) in [5.41, 5.74) is 1.49. The van der Waals surface area contributed by atoms with Gasteiger partial charge in [-0.1, -0.05) is 12.1 Å². The maximum atomic E-state index is 12.5. The number of fused-ring (bicyclic) bond motifs is 1. The van der Waals surface area contributed by atoms with Crippen molar-refractivity contribution in [3.63, 3.8) is 0 Å². The minimum absolute atomic E-state index is 0. The van der Waals surface area contributed by atoms with Gasteiger partial charge in [-0.2, -0.15) is 5.26 Å². The van der Waals surface area contributed by atoms with E-state index in [9.17, 15) is 10.1 Å². The quantitative estimate of drug-likeness (QED) is 0.586. The summed E-state index contributed by atoms with van der Waals surface area (Å²) < 4.78 is 13.2. The first-order valence-corrected chi connectivity index (χ1v) is 8.24. The summed E-state index contributed by atoms with van der Waals surface area (Å²) in [5, 5.41) is 9.32. The van der Waals surface area contributed by atoms with Crippen molar-refractivity contribution in [1.82, 2.24) is 4.57 Å². The van der Waals surface area contributed by atoms with Crippen LogP contribution in [0.5, 0.6) is 11.5 Å². The summed E-state index contributed by atoms with van der Waals surface area (Å²) in [6, 6.07) is 14.8. The van der Waals surface area contributed by atoms with Gasteiger partial charge in [0.2, 0.25) is 0 Å². The fourth-order valence-electron chi connectivity index (χ4n) is 2.96. The summed E-state index contributed by atoms with van der Waals surface area (Å²) in [6.07, 6.45) is 5.04. The van der Waals surface area contributed by atoms with Gasteiger partial charge in [-0.3, -0.25) is 4.79 Å². The van der Waals surface area contributed by atoms with E-state index in [1.807, 2.05) is 42.5 Å². The molecule has 0 radical (unpaired) electrons. The summed E-state index contributed by atoms with van der Waals surface area (Å²) in [4.78, 5) is 15.5. The zero-order chi connectivity index (χ0) is 17.9. The second-order valence-electron chi connectivity index (χ2n) is 6.00. The number of H-pyrrole nitrogens is 1. The molecule has 1 aliphatic rings. The van der Waals surface area contributed by atoms with Crippen LogP contribution < -0.4 is 32.4 Å². The fourth-order valence-corrected chi connectivity index (χ4v) is 2.96. The van der Waals surface area contributed by atoms with Crippen molar-refractivity contribution >= 4 is 0 Å². The lowest BCUT2D eigenvalue weighted by molar-refractivity contribution is -0.377. The van der Waals surface area contributed by atoms with Gasteiger partial charge in [0.05, 0.1) is 6.54 Å². The second-order valence-corrected chi connectivity index (χ2v) is 6.00.